The molecule has 2 nitrogen and oxygen atoms in total. The third-order valence-corrected chi connectivity index (χ3v) is 16.7. The highest BCUT2D eigenvalue weighted by molar-refractivity contribution is 8.33. The second kappa shape index (κ2) is 9.01. The largest absolute Gasteiger partial charge is 0.495 e. The average Bonchev–Trinajstić information content (AvgIpc) is 3.54. The van der Waals surface area contributed by atoms with Gasteiger partial charge in [-0.15, -0.1) is 0 Å². The molecule has 0 radical (unpaired) electrons. The number of hydrogen-bond donors (Lipinski definition) is 0. The Morgan fingerprint density at radius 3 is 1.91 bits per heavy atom. The van der Waals surface area contributed by atoms with Gasteiger partial charge in [0, 0.05) is 15.2 Å². The van der Waals surface area contributed by atoms with E-state index in [1.54, 1.807) is 11.1 Å². The maximum Gasteiger partial charge on any atom is 0.495 e. The lowest BCUT2D eigenvalue weighted by atomic mass is 9.43. The van der Waals surface area contributed by atoms with Crippen LogP contribution < -0.4 is 5.46 Å². The standard InChI is InChI=1S/C42H45BO2S/c1-40(2)41(3,4)45-43(44-40)36-12-9-11-34-39(36)33-17-15-27(23-35(33)42(34)29-19-25-18-26(21-29)22-30(42)20-25)28-14-16-32-31-10-7-8-13-37(31)46(5,6)38(32)24-28/h7-17,23-26,29-30H,18-22H2,1-6H3. The Morgan fingerprint density at radius 2 is 1.22 bits per heavy atom. The van der Waals surface area contributed by atoms with Crippen molar-refractivity contribution in [3.8, 4) is 33.4 Å². The van der Waals surface area contributed by atoms with E-state index in [0.717, 1.165) is 11.8 Å². The fourth-order valence-electron chi connectivity index (χ4n) is 11.2. The topological polar surface area (TPSA) is 18.5 Å². The van der Waals surface area contributed by atoms with Crippen LogP contribution in [0, 0.1) is 23.7 Å². The minimum atomic E-state index is -1.05. The van der Waals surface area contributed by atoms with Gasteiger partial charge in [0.2, 0.25) is 0 Å². The van der Waals surface area contributed by atoms with E-state index in [4.69, 9.17) is 9.31 Å². The molecular weight excluding hydrogens is 579 g/mol. The van der Waals surface area contributed by atoms with E-state index < -0.39 is 10.0 Å². The molecule has 4 heteroatoms. The van der Waals surface area contributed by atoms with Gasteiger partial charge in [-0.25, -0.2) is 0 Å². The van der Waals surface area contributed by atoms with Crippen molar-refractivity contribution >= 4 is 22.6 Å². The summed E-state index contributed by atoms with van der Waals surface area (Å²) in [5.74, 6) is 3.26. The molecule has 4 saturated carbocycles. The van der Waals surface area contributed by atoms with Crippen LogP contribution in [0.15, 0.2) is 88.7 Å². The van der Waals surface area contributed by atoms with E-state index >= 15 is 0 Å². The minimum Gasteiger partial charge on any atom is -0.399 e. The van der Waals surface area contributed by atoms with E-state index in [0.29, 0.717) is 11.8 Å². The SMILES string of the molecule is CC1(C)OB(c2cccc3c2-c2ccc(-c4ccc5c(c4)S(C)(C)c4ccccc4-5)cc2C32C3CC4CC(C3)CC2C4)OC1(C)C. The molecule has 4 bridgehead atoms. The number of hydrogen-bond acceptors (Lipinski definition) is 2. The molecule has 1 saturated heterocycles. The summed E-state index contributed by atoms with van der Waals surface area (Å²) in [6, 6.07) is 31.0. The molecule has 4 aromatic carbocycles. The van der Waals surface area contributed by atoms with Crippen molar-refractivity contribution < 1.29 is 9.31 Å². The Kier molecular flexibility index (Phi) is 5.53. The molecule has 2 heterocycles. The van der Waals surface area contributed by atoms with Crippen LogP contribution in [-0.4, -0.2) is 30.8 Å². The maximum atomic E-state index is 6.75. The summed E-state index contributed by atoms with van der Waals surface area (Å²) in [6.45, 7) is 8.70. The highest BCUT2D eigenvalue weighted by Gasteiger charge is 2.62. The first-order valence-corrected chi connectivity index (χ1v) is 20.0. The normalized spacial score (nSPS) is 31.9. The van der Waals surface area contributed by atoms with Crippen LogP contribution in [0.3, 0.4) is 0 Å². The Labute approximate surface area is 276 Å². The zero-order chi connectivity index (χ0) is 31.4. The van der Waals surface area contributed by atoms with Crippen molar-refractivity contribution in [2.75, 3.05) is 12.5 Å². The lowest BCUT2D eigenvalue weighted by Gasteiger charge is -2.61. The third kappa shape index (κ3) is 3.44. The first kappa shape index (κ1) is 28.2. The molecule has 2 aliphatic heterocycles. The van der Waals surface area contributed by atoms with Gasteiger partial charge in [-0.1, -0.05) is 60.7 Å². The van der Waals surface area contributed by atoms with E-state index in [2.05, 4.69) is 119 Å². The summed E-state index contributed by atoms with van der Waals surface area (Å²) >= 11 is 0. The molecule has 234 valence electrons. The Morgan fingerprint density at radius 1 is 0.609 bits per heavy atom. The molecule has 1 spiro atoms. The molecule has 0 aromatic heterocycles. The molecule has 0 atom stereocenters. The third-order valence-electron chi connectivity index (χ3n) is 13.8. The van der Waals surface area contributed by atoms with Crippen LogP contribution in [0.25, 0.3) is 33.4 Å². The van der Waals surface area contributed by atoms with Crippen molar-refractivity contribution in [3.63, 3.8) is 0 Å². The Bertz CT molecular complexity index is 1930. The Hall–Kier alpha value is -2.79. The first-order valence-electron chi connectivity index (χ1n) is 17.6. The number of fused-ring (bicyclic) bond motifs is 6. The lowest BCUT2D eigenvalue weighted by Crippen LogP contribution is -2.55. The molecule has 0 N–H and O–H groups in total. The second-order valence-electron chi connectivity index (χ2n) is 16.8. The summed E-state index contributed by atoms with van der Waals surface area (Å²) in [5, 5.41) is 0. The van der Waals surface area contributed by atoms with Gasteiger partial charge >= 0.3 is 7.12 Å². The summed E-state index contributed by atoms with van der Waals surface area (Å²) in [6.07, 6.45) is 11.9. The van der Waals surface area contributed by atoms with Gasteiger partial charge in [0.05, 0.1) is 11.2 Å². The molecule has 11 rings (SSSR count). The summed E-state index contributed by atoms with van der Waals surface area (Å²) < 4.78 is 13.5. The van der Waals surface area contributed by atoms with Crippen molar-refractivity contribution in [1.29, 1.82) is 0 Å². The fourth-order valence-corrected chi connectivity index (χ4v) is 13.8. The van der Waals surface area contributed by atoms with Crippen molar-refractivity contribution in [3.05, 3.63) is 90.0 Å². The molecular formula is C42H45BO2S. The predicted molar refractivity (Wildman–Crippen MR) is 192 cm³/mol. The molecule has 4 aromatic rings. The molecule has 0 amide bonds. The molecule has 7 aliphatic rings. The van der Waals surface area contributed by atoms with Crippen molar-refractivity contribution in [1.82, 2.24) is 0 Å². The Balaban J connectivity index is 1.16. The zero-order valence-corrected chi connectivity index (χ0v) is 29.0. The number of benzene rings is 4. The van der Waals surface area contributed by atoms with Gasteiger partial charge in [0.25, 0.3) is 0 Å². The van der Waals surface area contributed by atoms with Crippen molar-refractivity contribution in [2.24, 2.45) is 23.7 Å². The minimum absolute atomic E-state index is 0.0885. The van der Waals surface area contributed by atoms with Crippen LogP contribution in [0.2, 0.25) is 0 Å². The van der Waals surface area contributed by atoms with E-state index in [-0.39, 0.29) is 23.7 Å². The monoisotopic (exact) mass is 624 g/mol. The molecule has 5 aliphatic carbocycles. The van der Waals surface area contributed by atoms with E-state index in [1.165, 1.54) is 80.7 Å². The van der Waals surface area contributed by atoms with Gasteiger partial charge in [-0.05, 0) is 164 Å². The van der Waals surface area contributed by atoms with Crippen LogP contribution >= 0.6 is 10.0 Å². The van der Waals surface area contributed by atoms with Crippen LogP contribution in [0.1, 0.15) is 70.9 Å². The smallest absolute Gasteiger partial charge is 0.399 e. The van der Waals surface area contributed by atoms with Crippen LogP contribution in [0.4, 0.5) is 0 Å². The first-order chi connectivity index (χ1) is 22.0. The van der Waals surface area contributed by atoms with E-state index in [1.807, 2.05) is 0 Å². The van der Waals surface area contributed by atoms with Crippen LogP contribution in [-0.2, 0) is 14.7 Å². The summed E-state index contributed by atoms with van der Waals surface area (Å²) in [4.78, 5) is 3.05. The van der Waals surface area contributed by atoms with Gasteiger partial charge in [-0.2, -0.15) is 10.0 Å². The highest BCUT2D eigenvalue weighted by Crippen LogP contribution is 2.70. The number of rotatable bonds is 2. The molecule has 5 fully saturated rings. The zero-order valence-electron chi connectivity index (χ0n) is 28.2. The quantitative estimate of drug-likeness (QED) is 0.207. The van der Waals surface area contributed by atoms with Gasteiger partial charge in [0.15, 0.2) is 0 Å². The second-order valence-corrected chi connectivity index (χ2v) is 20.4. The van der Waals surface area contributed by atoms with Crippen LogP contribution in [0.5, 0.6) is 0 Å². The lowest BCUT2D eigenvalue weighted by molar-refractivity contribution is -0.0399. The van der Waals surface area contributed by atoms with Crippen molar-refractivity contribution in [2.45, 2.75) is 86.2 Å². The van der Waals surface area contributed by atoms with Gasteiger partial charge in [-0.3, -0.25) is 0 Å². The molecule has 0 unspecified atom stereocenters. The van der Waals surface area contributed by atoms with Gasteiger partial charge in [0.1, 0.15) is 0 Å². The average molecular weight is 625 g/mol. The summed E-state index contributed by atoms with van der Waals surface area (Å²) in [7, 11) is -1.41. The molecule has 46 heavy (non-hydrogen) atoms. The van der Waals surface area contributed by atoms with Gasteiger partial charge < -0.3 is 9.31 Å². The highest BCUT2D eigenvalue weighted by atomic mass is 32.3. The van der Waals surface area contributed by atoms with E-state index in [9.17, 15) is 0 Å². The maximum absolute atomic E-state index is 6.75. The fraction of sp³-hybridized carbons (Fsp3) is 0.429. The summed E-state index contributed by atoms with van der Waals surface area (Å²) in [5.41, 5.74) is 12.1. The predicted octanol–water partition coefficient (Wildman–Crippen LogP) is 9.84.